The predicted molar refractivity (Wildman–Crippen MR) is 494 cm³/mol. The van der Waals surface area contributed by atoms with Crippen LogP contribution in [0.4, 0.5) is 85.3 Å². The minimum absolute atomic E-state index is 0.844. The topological polar surface area (TPSA) is 37.9 Å². The Bertz CT molecular complexity index is 6310. The van der Waals surface area contributed by atoms with E-state index in [-0.39, 0.29) is 0 Å². The third-order valence-electron chi connectivity index (χ3n) is 21.4. The zero-order valence-electron chi connectivity index (χ0n) is 66.1. The fourth-order valence-corrected chi connectivity index (χ4v) is 15.2. The molecule has 18 rings (SSSR count). The maximum Gasteiger partial charge on any atom is 0.120 e. The Balaban J connectivity index is 0.000000131. The summed E-state index contributed by atoms with van der Waals surface area (Å²) >= 11 is 0. The monoisotopic (exact) mass is 1500 g/mol. The number of nitrogens with zero attached hydrogens (tertiary/aromatic N) is 6. The quantitative estimate of drug-likeness (QED) is 0.0747. The molecule has 0 aliphatic heterocycles. The Hall–Kier alpha value is -14.9. The molecule has 0 saturated heterocycles. The van der Waals surface area contributed by atoms with Gasteiger partial charge in [0.2, 0.25) is 0 Å². The first-order chi connectivity index (χ1) is 57.1. The van der Waals surface area contributed by atoms with E-state index in [1.165, 1.54) is 76.9 Å². The number of aryl methyl sites for hydroxylation is 1. The summed E-state index contributed by atoms with van der Waals surface area (Å²) in [6, 6.07) is 154. The number of rotatable bonds is 20. The van der Waals surface area contributed by atoms with Crippen LogP contribution >= 0.6 is 0 Å². The molecule has 0 bridgehead atoms. The minimum atomic E-state index is 0.844. The Kier molecular flexibility index (Phi) is 22.8. The molecule has 116 heavy (non-hydrogen) atoms. The largest absolute Gasteiger partial charge is 0.497 e. The van der Waals surface area contributed by atoms with E-state index >= 15 is 0 Å². The van der Waals surface area contributed by atoms with Crippen LogP contribution in [-0.2, 0) is 0 Å². The van der Waals surface area contributed by atoms with Gasteiger partial charge in [-0.25, -0.2) is 0 Å². The molecule has 0 saturated carbocycles. The summed E-state index contributed by atoms with van der Waals surface area (Å²) < 4.78 is 10.8. The molecule has 0 radical (unpaired) electrons. The van der Waals surface area contributed by atoms with Crippen LogP contribution in [0.5, 0.6) is 11.5 Å². The van der Waals surface area contributed by atoms with Crippen molar-refractivity contribution in [3.63, 3.8) is 0 Å². The van der Waals surface area contributed by atoms with Crippen molar-refractivity contribution < 1.29 is 9.47 Å². The fourth-order valence-electron chi connectivity index (χ4n) is 15.2. The van der Waals surface area contributed by atoms with E-state index in [1.807, 2.05) is 30.3 Å². The van der Waals surface area contributed by atoms with Gasteiger partial charge in [0.05, 0.1) is 31.3 Å². The summed E-state index contributed by atoms with van der Waals surface area (Å²) in [4.78, 5) is 13.7. The van der Waals surface area contributed by atoms with Crippen molar-refractivity contribution in [3.8, 4) is 44.9 Å². The molecular weight excluding hydrogens is 1410 g/mol. The van der Waals surface area contributed by atoms with Crippen LogP contribution in [0.15, 0.2) is 437 Å². The zero-order valence-corrected chi connectivity index (χ0v) is 66.1. The molecule has 564 valence electrons. The lowest BCUT2D eigenvalue weighted by Crippen LogP contribution is -2.12. The highest BCUT2D eigenvalue weighted by Gasteiger charge is 2.22. The number of hydrogen-bond acceptors (Lipinski definition) is 8. The van der Waals surface area contributed by atoms with Crippen LogP contribution in [-0.4, -0.2) is 35.4 Å². The van der Waals surface area contributed by atoms with Gasteiger partial charge in [-0.05, 0) is 238 Å². The van der Waals surface area contributed by atoms with Crippen LogP contribution < -0.4 is 38.9 Å². The third-order valence-corrected chi connectivity index (χ3v) is 21.4. The van der Waals surface area contributed by atoms with Gasteiger partial charge in [0, 0.05) is 112 Å². The average molecular weight is 1500 g/mol. The van der Waals surface area contributed by atoms with E-state index in [9.17, 15) is 0 Å². The molecule has 0 spiro atoms. The van der Waals surface area contributed by atoms with Gasteiger partial charge in [0.1, 0.15) is 11.5 Å². The molecule has 0 unspecified atom stereocenters. The number of methoxy groups -OCH3 is 2. The van der Waals surface area contributed by atoms with Crippen molar-refractivity contribution in [2.45, 2.75) is 6.92 Å². The summed E-state index contributed by atoms with van der Waals surface area (Å²) in [5.41, 5.74) is 25.3. The van der Waals surface area contributed by atoms with Crippen LogP contribution in [0, 0.1) is 6.92 Å². The van der Waals surface area contributed by atoms with Crippen molar-refractivity contribution in [3.05, 3.63) is 442 Å². The molecule has 8 nitrogen and oxygen atoms in total. The highest BCUT2D eigenvalue weighted by molar-refractivity contribution is 6.02. The molecule has 0 N–H and O–H groups in total. The van der Waals surface area contributed by atoms with Crippen molar-refractivity contribution in [2.75, 3.05) is 64.8 Å². The molecule has 0 aromatic heterocycles. The Labute approximate surface area is 681 Å². The van der Waals surface area contributed by atoms with Crippen molar-refractivity contribution in [2.24, 2.45) is 0 Å². The van der Waals surface area contributed by atoms with Gasteiger partial charge in [0.15, 0.2) is 0 Å². The maximum absolute atomic E-state index is 5.43. The third kappa shape index (κ3) is 16.8. The van der Waals surface area contributed by atoms with E-state index in [0.29, 0.717) is 0 Å². The summed E-state index contributed by atoms with van der Waals surface area (Å²) in [5, 5.41) is 7.31. The van der Waals surface area contributed by atoms with E-state index in [1.54, 1.807) is 14.2 Å². The Morgan fingerprint density at radius 2 is 0.440 bits per heavy atom. The Morgan fingerprint density at radius 1 is 0.181 bits per heavy atom. The standard InChI is InChI=1S/2C36H30N2O.C36H30N2/c1-37(32-16-10-18-34(26-32)39-2)30-21-23-31(24-22-30)38(36-20-9-14-28-13-6-7-19-35(28)36)33-17-8-15-29(25-33)27-11-4-3-5-12-27;1-37(31-22-24-34(39-2)25-23-31)30-18-20-32(21-19-30)38(36-17-9-13-28-12-6-7-16-35(28)36)33-15-8-14-29(26-33)27-10-4-3-5-11-27;1-27-11-8-17-33(25-27)37(2)31-21-23-32(24-22-31)38(36-20-10-15-29-14-6-7-19-35(29)36)34-18-9-16-30(26-34)28-12-4-3-5-13-28/h2*3-26H,1-2H3;3-26H,1-2H3. The van der Waals surface area contributed by atoms with Crippen LogP contribution in [0.1, 0.15) is 5.56 Å². The number of fused-ring (bicyclic) bond motifs is 3. The van der Waals surface area contributed by atoms with E-state index in [2.05, 4.69) is 464 Å². The molecule has 18 aromatic carbocycles. The number of hydrogen-bond donors (Lipinski definition) is 0. The molecule has 18 aromatic rings. The SMILES string of the molecule is COc1ccc(N(C)c2ccc(N(c3cccc(-c4ccccc4)c3)c3cccc4ccccc34)cc2)cc1.COc1cccc(N(C)c2ccc(N(c3cccc(-c4ccccc4)c3)c3cccc4ccccc34)cc2)c1.Cc1cccc(N(C)c2ccc(N(c3cccc(-c4ccccc4)c3)c3cccc4ccccc34)cc2)c1. The maximum atomic E-state index is 5.43. The Morgan fingerprint density at radius 3 is 0.784 bits per heavy atom. The number of ether oxygens (including phenoxy) is 2. The minimum Gasteiger partial charge on any atom is -0.497 e. The average Bonchev–Trinajstić information content (AvgIpc) is 0.782. The lowest BCUT2D eigenvalue weighted by molar-refractivity contribution is 0.415. The first-order valence-electron chi connectivity index (χ1n) is 39.3. The summed E-state index contributed by atoms with van der Waals surface area (Å²) in [7, 11) is 9.67. The van der Waals surface area contributed by atoms with E-state index < -0.39 is 0 Å². The van der Waals surface area contributed by atoms with Crippen LogP contribution in [0.2, 0.25) is 0 Å². The van der Waals surface area contributed by atoms with Crippen LogP contribution in [0.25, 0.3) is 65.7 Å². The van der Waals surface area contributed by atoms with E-state index in [4.69, 9.17) is 9.47 Å². The lowest BCUT2D eigenvalue weighted by Gasteiger charge is -2.28. The highest BCUT2D eigenvalue weighted by Crippen LogP contribution is 2.46. The van der Waals surface area contributed by atoms with Crippen molar-refractivity contribution >= 4 is 118 Å². The molecular formula is C108H90N6O2. The first kappa shape index (κ1) is 75.2. The van der Waals surface area contributed by atoms with E-state index in [0.717, 1.165) is 91.1 Å². The highest BCUT2D eigenvalue weighted by atomic mass is 16.5. The predicted octanol–water partition coefficient (Wildman–Crippen LogP) is 29.6. The van der Waals surface area contributed by atoms with Gasteiger partial charge >= 0.3 is 0 Å². The van der Waals surface area contributed by atoms with Gasteiger partial charge in [-0.2, -0.15) is 0 Å². The first-order valence-corrected chi connectivity index (χ1v) is 39.3. The van der Waals surface area contributed by atoms with Crippen LogP contribution in [0.3, 0.4) is 0 Å². The molecule has 8 heteroatoms. The molecule has 0 heterocycles. The van der Waals surface area contributed by atoms with Gasteiger partial charge in [-0.3, -0.25) is 0 Å². The second kappa shape index (κ2) is 35.2. The summed E-state index contributed by atoms with van der Waals surface area (Å²) in [6.07, 6.45) is 0. The molecule has 0 amide bonds. The van der Waals surface area contributed by atoms with Crippen molar-refractivity contribution in [1.82, 2.24) is 0 Å². The van der Waals surface area contributed by atoms with Gasteiger partial charge < -0.3 is 38.9 Å². The molecule has 0 aliphatic rings. The molecule has 0 fully saturated rings. The second-order valence-corrected chi connectivity index (χ2v) is 28.7. The zero-order chi connectivity index (χ0) is 79.1. The number of benzene rings is 18. The lowest BCUT2D eigenvalue weighted by atomic mass is 10.0. The van der Waals surface area contributed by atoms with Crippen molar-refractivity contribution in [1.29, 1.82) is 0 Å². The fraction of sp³-hybridized carbons (Fsp3) is 0.0556. The van der Waals surface area contributed by atoms with Gasteiger partial charge in [-0.1, -0.05) is 255 Å². The van der Waals surface area contributed by atoms with Gasteiger partial charge in [-0.15, -0.1) is 0 Å². The second-order valence-electron chi connectivity index (χ2n) is 28.7. The molecule has 0 atom stereocenters. The normalized spacial score (nSPS) is 10.8. The summed E-state index contributed by atoms with van der Waals surface area (Å²) in [6.45, 7) is 2.13. The summed E-state index contributed by atoms with van der Waals surface area (Å²) in [5.74, 6) is 1.70. The van der Waals surface area contributed by atoms with Gasteiger partial charge in [0.25, 0.3) is 0 Å². The smallest absolute Gasteiger partial charge is 0.120 e. The molecule has 0 aliphatic carbocycles. The number of anilines is 15.